The standard InChI is InChI=1S/C13H16N2OS/c1-3-13(16)8-15(9-13)11-5-4-6-12(17-2)10(11)7-14/h4-6,16H,3,8-9H2,1-2H3. The third kappa shape index (κ3) is 2.13. The van der Waals surface area contributed by atoms with Crippen LogP contribution in [0.25, 0.3) is 0 Å². The van der Waals surface area contributed by atoms with E-state index < -0.39 is 5.60 Å². The highest BCUT2D eigenvalue weighted by molar-refractivity contribution is 7.98. The summed E-state index contributed by atoms with van der Waals surface area (Å²) in [6, 6.07) is 8.14. The Morgan fingerprint density at radius 1 is 1.53 bits per heavy atom. The third-order valence-corrected chi connectivity index (χ3v) is 4.09. The molecule has 0 aliphatic carbocycles. The molecule has 0 unspecified atom stereocenters. The van der Waals surface area contributed by atoms with Gasteiger partial charge in [0.1, 0.15) is 6.07 Å². The Balaban J connectivity index is 2.27. The van der Waals surface area contributed by atoms with Gasteiger partial charge in [-0.1, -0.05) is 13.0 Å². The minimum Gasteiger partial charge on any atom is -0.386 e. The summed E-state index contributed by atoms with van der Waals surface area (Å²) in [6.07, 6.45) is 2.73. The summed E-state index contributed by atoms with van der Waals surface area (Å²) < 4.78 is 0. The van der Waals surface area contributed by atoms with Crippen molar-refractivity contribution in [1.82, 2.24) is 0 Å². The number of rotatable bonds is 3. The molecule has 0 bridgehead atoms. The number of thioether (sulfide) groups is 1. The van der Waals surface area contributed by atoms with Gasteiger partial charge in [-0.15, -0.1) is 11.8 Å². The molecule has 0 radical (unpaired) electrons. The number of anilines is 1. The molecule has 1 N–H and O–H groups in total. The van der Waals surface area contributed by atoms with E-state index in [4.69, 9.17) is 0 Å². The summed E-state index contributed by atoms with van der Waals surface area (Å²) in [5, 5.41) is 19.2. The van der Waals surface area contributed by atoms with Crippen molar-refractivity contribution in [2.75, 3.05) is 24.2 Å². The first-order valence-corrected chi connectivity index (χ1v) is 6.90. The van der Waals surface area contributed by atoms with E-state index in [1.165, 1.54) is 0 Å². The highest BCUT2D eigenvalue weighted by atomic mass is 32.2. The van der Waals surface area contributed by atoms with Crippen molar-refractivity contribution >= 4 is 17.4 Å². The van der Waals surface area contributed by atoms with Crippen LogP contribution in [-0.4, -0.2) is 30.1 Å². The topological polar surface area (TPSA) is 47.3 Å². The molecular weight excluding hydrogens is 232 g/mol. The first-order chi connectivity index (χ1) is 8.13. The lowest BCUT2D eigenvalue weighted by molar-refractivity contribution is 0.00848. The Morgan fingerprint density at radius 3 is 2.76 bits per heavy atom. The summed E-state index contributed by atoms with van der Waals surface area (Å²) in [5.41, 5.74) is 1.10. The van der Waals surface area contributed by atoms with Crippen LogP contribution in [0.2, 0.25) is 0 Å². The molecule has 0 aromatic heterocycles. The van der Waals surface area contributed by atoms with Gasteiger partial charge in [-0.25, -0.2) is 0 Å². The maximum atomic E-state index is 10.0. The van der Waals surface area contributed by atoms with Crippen LogP contribution in [0.3, 0.4) is 0 Å². The number of nitrogens with zero attached hydrogens (tertiary/aromatic N) is 2. The lowest BCUT2D eigenvalue weighted by Crippen LogP contribution is -2.61. The molecule has 0 spiro atoms. The van der Waals surface area contributed by atoms with Crippen LogP contribution >= 0.6 is 11.8 Å². The maximum absolute atomic E-state index is 10.0. The Bertz CT molecular complexity index is 461. The van der Waals surface area contributed by atoms with Crippen LogP contribution in [0.5, 0.6) is 0 Å². The van der Waals surface area contributed by atoms with E-state index in [9.17, 15) is 10.4 Å². The van der Waals surface area contributed by atoms with E-state index in [-0.39, 0.29) is 0 Å². The number of hydrogen-bond acceptors (Lipinski definition) is 4. The average Bonchev–Trinajstić information content (AvgIpc) is 2.33. The first kappa shape index (κ1) is 12.3. The Hall–Kier alpha value is -1.18. The molecule has 1 saturated heterocycles. The van der Waals surface area contributed by atoms with Crippen molar-refractivity contribution in [3.8, 4) is 6.07 Å². The zero-order chi connectivity index (χ0) is 12.5. The molecule has 1 aromatic rings. The number of benzene rings is 1. The summed E-state index contributed by atoms with van der Waals surface area (Å²) in [4.78, 5) is 3.07. The van der Waals surface area contributed by atoms with Gasteiger partial charge in [-0.3, -0.25) is 0 Å². The van der Waals surface area contributed by atoms with E-state index >= 15 is 0 Å². The lowest BCUT2D eigenvalue weighted by atomic mass is 9.90. The van der Waals surface area contributed by atoms with Gasteiger partial charge < -0.3 is 10.0 Å². The quantitative estimate of drug-likeness (QED) is 0.833. The van der Waals surface area contributed by atoms with Gasteiger partial charge >= 0.3 is 0 Å². The minimum absolute atomic E-state index is 0.567. The Kier molecular flexibility index (Phi) is 3.32. The van der Waals surface area contributed by atoms with Crippen molar-refractivity contribution in [3.05, 3.63) is 23.8 Å². The van der Waals surface area contributed by atoms with Crippen LogP contribution in [0.1, 0.15) is 18.9 Å². The van der Waals surface area contributed by atoms with Gasteiger partial charge in [-0.2, -0.15) is 5.26 Å². The summed E-state index contributed by atoms with van der Waals surface area (Å²) in [5.74, 6) is 0. The van der Waals surface area contributed by atoms with Crippen LogP contribution in [-0.2, 0) is 0 Å². The van der Waals surface area contributed by atoms with Gasteiger partial charge in [0.2, 0.25) is 0 Å². The SMILES string of the molecule is CCC1(O)CN(c2cccc(SC)c2C#N)C1. The predicted molar refractivity (Wildman–Crippen MR) is 70.4 cm³/mol. The molecule has 90 valence electrons. The van der Waals surface area contributed by atoms with E-state index in [1.807, 2.05) is 31.4 Å². The van der Waals surface area contributed by atoms with E-state index in [1.54, 1.807) is 11.8 Å². The number of aliphatic hydroxyl groups is 1. The highest BCUT2D eigenvalue weighted by Gasteiger charge is 2.40. The molecule has 1 aliphatic heterocycles. The maximum Gasteiger partial charge on any atom is 0.103 e. The fraction of sp³-hybridized carbons (Fsp3) is 0.462. The smallest absolute Gasteiger partial charge is 0.103 e. The van der Waals surface area contributed by atoms with E-state index in [2.05, 4.69) is 11.0 Å². The van der Waals surface area contributed by atoms with Gasteiger partial charge in [0.15, 0.2) is 0 Å². The monoisotopic (exact) mass is 248 g/mol. The van der Waals surface area contributed by atoms with Gasteiger partial charge in [0.05, 0.1) is 16.9 Å². The lowest BCUT2D eigenvalue weighted by Gasteiger charge is -2.47. The zero-order valence-electron chi connectivity index (χ0n) is 10.1. The molecule has 1 aromatic carbocycles. The molecule has 2 rings (SSSR count). The van der Waals surface area contributed by atoms with Gasteiger partial charge in [-0.05, 0) is 24.8 Å². The summed E-state index contributed by atoms with van der Waals surface area (Å²) >= 11 is 1.58. The first-order valence-electron chi connectivity index (χ1n) is 5.68. The number of nitriles is 1. The summed E-state index contributed by atoms with van der Waals surface area (Å²) in [6.45, 7) is 3.23. The van der Waals surface area contributed by atoms with Crippen LogP contribution in [0, 0.1) is 11.3 Å². The third-order valence-electron chi connectivity index (χ3n) is 3.31. The highest BCUT2D eigenvalue weighted by Crippen LogP contribution is 2.35. The fourth-order valence-electron chi connectivity index (χ4n) is 2.12. The van der Waals surface area contributed by atoms with Crippen LogP contribution in [0.4, 0.5) is 5.69 Å². The molecule has 1 fully saturated rings. The van der Waals surface area contributed by atoms with Crippen LogP contribution in [0.15, 0.2) is 23.1 Å². The van der Waals surface area contributed by atoms with Gasteiger partial charge in [0.25, 0.3) is 0 Å². The van der Waals surface area contributed by atoms with Crippen molar-refractivity contribution < 1.29 is 5.11 Å². The molecule has 0 amide bonds. The predicted octanol–water partition coefficient (Wildman–Crippen LogP) is 2.24. The molecule has 17 heavy (non-hydrogen) atoms. The van der Waals surface area contributed by atoms with E-state index in [0.717, 1.165) is 22.6 Å². The average molecular weight is 248 g/mol. The molecule has 1 heterocycles. The molecule has 0 saturated carbocycles. The second kappa shape index (κ2) is 4.59. The number of β-amino-alcohol motifs (C(OH)–C–C–N with tert-alkyl or cyclic N) is 1. The fourth-order valence-corrected chi connectivity index (χ4v) is 2.69. The molecule has 3 nitrogen and oxygen atoms in total. The molecule has 0 atom stereocenters. The number of hydrogen-bond donors (Lipinski definition) is 1. The molecule has 4 heteroatoms. The van der Waals surface area contributed by atoms with Crippen LogP contribution < -0.4 is 4.90 Å². The minimum atomic E-state index is -0.567. The van der Waals surface area contributed by atoms with Crippen molar-refractivity contribution in [2.45, 2.75) is 23.8 Å². The molecule has 1 aliphatic rings. The second-order valence-corrected chi connectivity index (χ2v) is 5.25. The van der Waals surface area contributed by atoms with Crippen molar-refractivity contribution in [1.29, 1.82) is 5.26 Å². The van der Waals surface area contributed by atoms with Crippen molar-refractivity contribution in [3.63, 3.8) is 0 Å². The second-order valence-electron chi connectivity index (χ2n) is 4.40. The Labute approximate surface area is 106 Å². The van der Waals surface area contributed by atoms with Gasteiger partial charge in [0, 0.05) is 18.0 Å². The Morgan fingerprint density at radius 2 is 2.24 bits per heavy atom. The largest absolute Gasteiger partial charge is 0.386 e. The van der Waals surface area contributed by atoms with E-state index in [0.29, 0.717) is 13.1 Å². The van der Waals surface area contributed by atoms with Crippen molar-refractivity contribution in [2.24, 2.45) is 0 Å². The summed E-state index contributed by atoms with van der Waals surface area (Å²) in [7, 11) is 0. The molecular formula is C13H16N2OS. The zero-order valence-corrected chi connectivity index (χ0v) is 10.9. The normalized spacial score (nSPS) is 17.4.